The molecule has 5 nitrogen and oxygen atoms in total. The minimum Gasteiger partial charge on any atom is -0.333 e. The molecule has 0 saturated heterocycles. The second-order valence-corrected chi connectivity index (χ2v) is 5.30. The van der Waals surface area contributed by atoms with Crippen molar-refractivity contribution in [1.82, 2.24) is 24.1 Å². The minimum absolute atomic E-state index is 0.830. The molecule has 0 bridgehead atoms. The summed E-state index contributed by atoms with van der Waals surface area (Å²) in [4.78, 5) is 9.54. The van der Waals surface area contributed by atoms with Crippen LogP contribution < -0.4 is 0 Å². The second-order valence-electron chi connectivity index (χ2n) is 3.07. The van der Waals surface area contributed by atoms with Gasteiger partial charge in [0.15, 0.2) is 9.74 Å². The fourth-order valence-electron chi connectivity index (χ4n) is 1.40. The van der Waals surface area contributed by atoms with E-state index in [1.807, 2.05) is 24.0 Å². The summed E-state index contributed by atoms with van der Waals surface area (Å²) in [5.41, 5.74) is 0.841. The van der Waals surface area contributed by atoms with Crippen LogP contribution in [-0.2, 0) is 7.05 Å². The van der Waals surface area contributed by atoms with Crippen molar-refractivity contribution in [3.05, 3.63) is 22.5 Å². The second kappa shape index (κ2) is 3.14. The highest BCUT2D eigenvalue weighted by molar-refractivity contribution is 9.11. The largest absolute Gasteiger partial charge is 0.333 e. The first-order valence-electron chi connectivity index (χ1n) is 4.23. The summed E-state index contributed by atoms with van der Waals surface area (Å²) in [6.07, 6.45) is 5.52. The normalized spacial score (nSPS) is 11.3. The SMILES string of the molecule is Cn1ccnc1-c1cn2nc(Br)sc2n1. The lowest BCUT2D eigenvalue weighted by Gasteiger charge is -1.94. The van der Waals surface area contributed by atoms with Gasteiger partial charge in [0.2, 0.25) is 4.96 Å². The standard InChI is InChI=1S/C8H6BrN5S/c1-13-3-2-10-6(13)5-4-14-8(11-5)15-7(9)12-14/h2-4H,1H3. The van der Waals surface area contributed by atoms with Crippen molar-refractivity contribution in [2.75, 3.05) is 0 Å². The van der Waals surface area contributed by atoms with Crippen molar-refractivity contribution in [2.45, 2.75) is 0 Å². The van der Waals surface area contributed by atoms with Crippen LogP contribution in [0.3, 0.4) is 0 Å². The van der Waals surface area contributed by atoms with Crippen LogP contribution in [0.1, 0.15) is 0 Å². The fraction of sp³-hybridized carbons (Fsp3) is 0.125. The van der Waals surface area contributed by atoms with Crippen molar-refractivity contribution >= 4 is 32.2 Å². The van der Waals surface area contributed by atoms with E-state index in [0.717, 1.165) is 20.4 Å². The Kier molecular flexibility index (Phi) is 1.89. The summed E-state index contributed by atoms with van der Waals surface area (Å²) in [6, 6.07) is 0. The van der Waals surface area contributed by atoms with E-state index in [1.54, 1.807) is 10.7 Å². The van der Waals surface area contributed by atoms with Gasteiger partial charge in [-0.15, -0.1) is 5.10 Å². The Labute approximate surface area is 97.5 Å². The van der Waals surface area contributed by atoms with Crippen LogP contribution in [-0.4, -0.2) is 24.1 Å². The van der Waals surface area contributed by atoms with Crippen molar-refractivity contribution in [2.24, 2.45) is 7.05 Å². The molecule has 3 aromatic heterocycles. The molecule has 0 unspecified atom stereocenters. The molecule has 0 atom stereocenters. The molecule has 0 spiro atoms. The number of hydrogen-bond acceptors (Lipinski definition) is 4. The molecule has 0 N–H and O–H groups in total. The maximum atomic E-state index is 4.44. The Morgan fingerprint density at radius 2 is 2.33 bits per heavy atom. The lowest BCUT2D eigenvalue weighted by molar-refractivity contribution is 0.917. The highest BCUT2D eigenvalue weighted by Gasteiger charge is 2.11. The van der Waals surface area contributed by atoms with Crippen LogP contribution in [0.2, 0.25) is 0 Å². The first kappa shape index (κ1) is 9.05. The predicted molar refractivity (Wildman–Crippen MR) is 60.8 cm³/mol. The fourth-order valence-corrected chi connectivity index (χ4v) is 2.61. The number of imidazole rings is 2. The Bertz CT molecular complexity index is 590. The third kappa shape index (κ3) is 1.38. The molecule has 76 valence electrons. The van der Waals surface area contributed by atoms with Crippen molar-refractivity contribution in [3.63, 3.8) is 0 Å². The van der Waals surface area contributed by atoms with Gasteiger partial charge in [-0.1, -0.05) is 11.3 Å². The van der Waals surface area contributed by atoms with Crippen LogP contribution in [0.25, 0.3) is 16.5 Å². The van der Waals surface area contributed by atoms with Gasteiger partial charge in [0, 0.05) is 19.4 Å². The molecular weight excluding hydrogens is 278 g/mol. The van der Waals surface area contributed by atoms with E-state index < -0.39 is 0 Å². The third-order valence-corrected chi connectivity index (χ3v) is 3.42. The van der Waals surface area contributed by atoms with Gasteiger partial charge < -0.3 is 4.57 Å². The van der Waals surface area contributed by atoms with Crippen LogP contribution >= 0.6 is 27.3 Å². The van der Waals surface area contributed by atoms with E-state index in [0.29, 0.717) is 0 Å². The lowest BCUT2D eigenvalue weighted by Crippen LogP contribution is -1.90. The summed E-state index contributed by atoms with van der Waals surface area (Å²) in [6.45, 7) is 0. The Morgan fingerprint density at radius 3 is 3.00 bits per heavy atom. The molecule has 0 aliphatic carbocycles. The van der Waals surface area contributed by atoms with Crippen LogP contribution in [0.5, 0.6) is 0 Å². The molecule has 0 radical (unpaired) electrons. The molecule has 0 aliphatic rings. The summed E-state index contributed by atoms with van der Waals surface area (Å²) in [5, 5.41) is 4.23. The molecule has 3 heterocycles. The predicted octanol–water partition coefficient (Wildman–Crippen LogP) is 1.95. The molecule has 3 rings (SSSR count). The van der Waals surface area contributed by atoms with Crippen LogP contribution in [0.4, 0.5) is 0 Å². The third-order valence-electron chi connectivity index (χ3n) is 2.07. The summed E-state index contributed by atoms with van der Waals surface area (Å²) in [5.74, 6) is 0.851. The number of fused-ring (bicyclic) bond motifs is 1. The number of rotatable bonds is 1. The first-order valence-corrected chi connectivity index (χ1v) is 5.84. The van der Waals surface area contributed by atoms with E-state index in [2.05, 4.69) is 31.0 Å². The number of aromatic nitrogens is 5. The number of nitrogens with zero attached hydrogens (tertiary/aromatic N) is 5. The van der Waals surface area contributed by atoms with E-state index in [9.17, 15) is 0 Å². The smallest absolute Gasteiger partial charge is 0.213 e. The molecule has 0 aliphatic heterocycles. The highest BCUT2D eigenvalue weighted by Crippen LogP contribution is 2.23. The molecule has 0 aromatic carbocycles. The van der Waals surface area contributed by atoms with Gasteiger partial charge in [-0.05, 0) is 15.9 Å². The highest BCUT2D eigenvalue weighted by atomic mass is 79.9. The monoisotopic (exact) mass is 283 g/mol. The molecule has 7 heteroatoms. The van der Waals surface area contributed by atoms with Crippen molar-refractivity contribution in [1.29, 1.82) is 0 Å². The van der Waals surface area contributed by atoms with E-state index in [4.69, 9.17) is 0 Å². The van der Waals surface area contributed by atoms with Gasteiger partial charge in [-0.25, -0.2) is 14.5 Å². The van der Waals surface area contributed by atoms with Gasteiger partial charge in [-0.3, -0.25) is 0 Å². The molecule has 0 amide bonds. The Morgan fingerprint density at radius 1 is 1.47 bits per heavy atom. The Hall–Kier alpha value is -1.21. The zero-order valence-corrected chi connectivity index (χ0v) is 10.2. The number of halogens is 1. The van der Waals surface area contributed by atoms with E-state index in [-0.39, 0.29) is 0 Å². The average molecular weight is 284 g/mol. The van der Waals surface area contributed by atoms with E-state index >= 15 is 0 Å². The first-order chi connectivity index (χ1) is 7.24. The van der Waals surface area contributed by atoms with Gasteiger partial charge in [0.25, 0.3) is 0 Å². The molecule has 3 aromatic rings. The lowest BCUT2D eigenvalue weighted by atomic mass is 10.4. The number of aryl methyl sites for hydroxylation is 1. The van der Waals surface area contributed by atoms with Crippen molar-refractivity contribution < 1.29 is 0 Å². The van der Waals surface area contributed by atoms with Gasteiger partial charge in [0.1, 0.15) is 5.69 Å². The van der Waals surface area contributed by atoms with Crippen LogP contribution in [0.15, 0.2) is 22.5 Å². The van der Waals surface area contributed by atoms with Gasteiger partial charge in [-0.2, -0.15) is 0 Å². The summed E-state index contributed by atoms with van der Waals surface area (Å²) < 4.78 is 4.51. The van der Waals surface area contributed by atoms with Gasteiger partial charge in [0.05, 0.1) is 6.20 Å². The maximum Gasteiger partial charge on any atom is 0.213 e. The molecule has 15 heavy (non-hydrogen) atoms. The summed E-state index contributed by atoms with van der Waals surface area (Å²) in [7, 11) is 1.94. The quantitative estimate of drug-likeness (QED) is 0.686. The van der Waals surface area contributed by atoms with Crippen molar-refractivity contribution in [3.8, 4) is 11.5 Å². The van der Waals surface area contributed by atoms with Gasteiger partial charge >= 0.3 is 0 Å². The summed E-state index contributed by atoms with van der Waals surface area (Å²) >= 11 is 4.81. The zero-order valence-electron chi connectivity index (χ0n) is 7.75. The topological polar surface area (TPSA) is 48.0 Å². The minimum atomic E-state index is 0.830. The Balaban J connectivity index is 2.20. The van der Waals surface area contributed by atoms with Crippen LogP contribution in [0, 0.1) is 0 Å². The molecule has 0 saturated carbocycles. The molecular formula is C8H6BrN5S. The number of hydrogen-bond donors (Lipinski definition) is 0. The molecule has 0 fully saturated rings. The average Bonchev–Trinajstić information content (AvgIpc) is 2.78. The maximum absolute atomic E-state index is 4.44. The van der Waals surface area contributed by atoms with E-state index in [1.165, 1.54) is 11.3 Å². The zero-order chi connectivity index (χ0) is 10.4.